The van der Waals surface area contributed by atoms with Crippen LogP contribution in [0.2, 0.25) is 0 Å². The lowest BCUT2D eigenvalue weighted by Gasteiger charge is -2.04. The van der Waals surface area contributed by atoms with Crippen molar-refractivity contribution in [1.82, 2.24) is 10.2 Å². The minimum atomic E-state index is 0.538. The van der Waals surface area contributed by atoms with Crippen LogP contribution in [0.1, 0.15) is 0 Å². The molecule has 4 nitrogen and oxygen atoms in total. The maximum absolute atomic E-state index is 5.66. The standard InChI is InChI=1S/C16H13BrN2O2S/c17-13-7-4-8-14(11-13)20-9-10-22-16-19-18-15(21-16)12-5-2-1-3-6-12/h1-8,11H,9-10H2. The number of halogens is 1. The van der Waals surface area contributed by atoms with E-state index in [1.807, 2.05) is 54.6 Å². The van der Waals surface area contributed by atoms with Gasteiger partial charge in [0.2, 0.25) is 5.89 Å². The number of benzene rings is 2. The average Bonchev–Trinajstić information content (AvgIpc) is 3.01. The molecular weight excluding hydrogens is 364 g/mol. The number of ether oxygens (including phenoxy) is 1. The lowest BCUT2D eigenvalue weighted by molar-refractivity contribution is 0.343. The fraction of sp³-hybridized carbons (Fsp3) is 0.125. The van der Waals surface area contributed by atoms with E-state index >= 15 is 0 Å². The second-order valence-electron chi connectivity index (χ2n) is 4.39. The van der Waals surface area contributed by atoms with Gasteiger partial charge in [-0.1, -0.05) is 52.0 Å². The average molecular weight is 377 g/mol. The van der Waals surface area contributed by atoms with E-state index in [0.29, 0.717) is 17.7 Å². The van der Waals surface area contributed by atoms with Gasteiger partial charge in [0.25, 0.3) is 5.22 Å². The quantitative estimate of drug-likeness (QED) is 0.462. The van der Waals surface area contributed by atoms with Gasteiger partial charge >= 0.3 is 0 Å². The highest BCUT2D eigenvalue weighted by Gasteiger charge is 2.08. The Morgan fingerprint density at radius 1 is 1.05 bits per heavy atom. The number of hydrogen-bond donors (Lipinski definition) is 0. The first kappa shape index (κ1) is 15.1. The SMILES string of the molecule is Brc1cccc(OCCSc2nnc(-c3ccccc3)o2)c1. The molecule has 0 radical (unpaired) electrons. The lowest BCUT2D eigenvalue weighted by Crippen LogP contribution is -1.99. The van der Waals surface area contributed by atoms with Gasteiger partial charge in [0.05, 0.1) is 6.61 Å². The summed E-state index contributed by atoms with van der Waals surface area (Å²) in [4.78, 5) is 0. The first-order valence-corrected chi connectivity index (χ1v) is 8.49. The van der Waals surface area contributed by atoms with Crippen LogP contribution in [-0.4, -0.2) is 22.6 Å². The first-order valence-electron chi connectivity index (χ1n) is 6.71. The Balaban J connectivity index is 1.49. The monoisotopic (exact) mass is 376 g/mol. The molecule has 6 heteroatoms. The van der Waals surface area contributed by atoms with Gasteiger partial charge in [-0.25, -0.2) is 0 Å². The second-order valence-corrected chi connectivity index (χ2v) is 6.36. The van der Waals surface area contributed by atoms with Crippen molar-refractivity contribution < 1.29 is 9.15 Å². The molecule has 0 N–H and O–H groups in total. The van der Waals surface area contributed by atoms with Crippen molar-refractivity contribution in [2.75, 3.05) is 12.4 Å². The summed E-state index contributed by atoms with van der Waals surface area (Å²) in [5.41, 5.74) is 0.923. The summed E-state index contributed by atoms with van der Waals surface area (Å²) >= 11 is 4.90. The zero-order chi connectivity index (χ0) is 15.2. The molecule has 3 aromatic rings. The minimum absolute atomic E-state index is 0.538. The Morgan fingerprint density at radius 3 is 2.73 bits per heavy atom. The topological polar surface area (TPSA) is 48.2 Å². The molecule has 3 rings (SSSR count). The molecule has 22 heavy (non-hydrogen) atoms. The highest BCUT2D eigenvalue weighted by Crippen LogP contribution is 2.23. The molecule has 0 atom stereocenters. The third-order valence-corrected chi connectivity index (χ3v) is 4.08. The number of rotatable bonds is 6. The van der Waals surface area contributed by atoms with Crippen molar-refractivity contribution in [3.05, 3.63) is 59.1 Å². The second kappa shape index (κ2) is 7.47. The van der Waals surface area contributed by atoms with Gasteiger partial charge in [-0.15, -0.1) is 10.2 Å². The minimum Gasteiger partial charge on any atom is -0.493 e. The summed E-state index contributed by atoms with van der Waals surface area (Å²) in [6, 6.07) is 17.5. The van der Waals surface area contributed by atoms with Crippen molar-refractivity contribution in [1.29, 1.82) is 0 Å². The van der Waals surface area contributed by atoms with Crippen LogP contribution < -0.4 is 4.74 Å². The zero-order valence-corrected chi connectivity index (χ0v) is 14.0. The number of nitrogens with zero attached hydrogens (tertiary/aromatic N) is 2. The normalized spacial score (nSPS) is 10.6. The van der Waals surface area contributed by atoms with Crippen molar-refractivity contribution in [2.24, 2.45) is 0 Å². The summed E-state index contributed by atoms with van der Waals surface area (Å²) in [7, 11) is 0. The maximum Gasteiger partial charge on any atom is 0.276 e. The Labute approximate surface area is 141 Å². The Bertz CT molecular complexity index is 734. The molecule has 0 spiro atoms. The highest BCUT2D eigenvalue weighted by molar-refractivity contribution is 9.10. The molecule has 112 valence electrons. The Kier molecular flexibility index (Phi) is 5.13. The molecular formula is C16H13BrN2O2S. The predicted molar refractivity (Wildman–Crippen MR) is 90.1 cm³/mol. The molecule has 0 amide bonds. The van der Waals surface area contributed by atoms with E-state index in [4.69, 9.17) is 9.15 Å². The number of thioether (sulfide) groups is 1. The van der Waals surface area contributed by atoms with E-state index in [1.54, 1.807) is 0 Å². The summed E-state index contributed by atoms with van der Waals surface area (Å²) in [6.45, 7) is 0.574. The Hall–Kier alpha value is -1.79. The van der Waals surface area contributed by atoms with Crippen LogP contribution in [-0.2, 0) is 0 Å². The molecule has 0 saturated carbocycles. The van der Waals surface area contributed by atoms with Crippen molar-refractivity contribution >= 4 is 27.7 Å². The summed E-state index contributed by atoms with van der Waals surface area (Å²) in [6.07, 6.45) is 0. The van der Waals surface area contributed by atoms with Crippen LogP contribution >= 0.6 is 27.7 Å². The Morgan fingerprint density at radius 2 is 1.91 bits per heavy atom. The lowest BCUT2D eigenvalue weighted by atomic mass is 10.2. The predicted octanol–water partition coefficient (Wildman–Crippen LogP) is 4.67. The van der Waals surface area contributed by atoms with Crippen LogP contribution in [0.4, 0.5) is 0 Å². The van der Waals surface area contributed by atoms with Gasteiger partial charge in [0, 0.05) is 15.8 Å². The zero-order valence-electron chi connectivity index (χ0n) is 11.6. The van der Waals surface area contributed by atoms with Gasteiger partial charge in [-0.2, -0.15) is 0 Å². The molecule has 1 heterocycles. The summed E-state index contributed by atoms with van der Waals surface area (Å²) < 4.78 is 12.3. The van der Waals surface area contributed by atoms with E-state index in [2.05, 4.69) is 26.1 Å². The fourth-order valence-electron chi connectivity index (χ4n) is 1.81. The number of aromatic nitrogens is 2. The summed E-state index contributed by atoms with van der Waals surface area (Å²) in [5, 5.41) is 8.64. The summed E-state index contributed by atoms with van der Waals surface area (Å²) in [5.74, 6) is 2.12. The molecule has 1 aromatic heterocycles. The molecule has 0 fully saturated rings. The molecule has 0 saturated heterocycles. The van der Waals surface area contributed by atoms with Gasteiger partial charge in [0.1, 0.15) is 5.75 Å². The van der Waals surface area contributed by atoms with Gasteiger partial charge in [0.15, 0.2) is 0 Å². The number of hydrogen-bond acceptors (Lipinski definition) is 5. The smallest absolute Gasteiger partial charge is 0.276 e. The van der Waals surface area contributed by atoms with Crippen LogP contribution in [0, 0.1) is 0 Å². The van der Waals surface area contributed by atoms with Crippen molar-refractivity contribution in [2.45, 2.75) is 5.22 Å². The van der Waals surface area contributed by atoms with E-state index in [0.717, 1.165) is 21.5 Å². The maximum atomic E-state index is 5.66. The molecule has 0 unspecified atom stereocenters. The molecule has 0 aliphatic carbocycles. The van der Waals surface area contributed by atoms with Crippen LogP contribution in [0.3, 0.4) is 0 Å². The van der Waals surface area contributed by atoms with Crippen LogP contribution in [0.15, 0.2) is 68.7 Å². The van der Waals surface area contributed by atoms with Crippen molar-refractivity contribution in [3.8, 4) is 17.2 Å². The highest BCUT2D eigenvalue weighted by atomic mass is 79.9. The third kappa shape index (κ3) is 4.11. The third-order valence-electron chi connectivity index (χ3n) is 2.80. The molecule has 2 aromatic carbocycles. The van der Waals surface area contributed by atoms with E-state index in [9.17, 15) is 0 Å². The van der Waals surface area contributed by atoms with E-state index in [-0.39, 0.29) is 0 Å². The largest absolute Gasteiger partial charge is 0.493 e. The first-order chi connectivity index (χ1) is 10.8. The molecule has 0 aliphatic rings. The van der Waals surface area contributed by atoms with Gasteiger partial charge in [-0.05, 0) is 30.3 Å². The van der Waals surface area contributed by atoms with Crippen LogP contribution in [0.25, 0.3) is 11.5 Å². The van der Waals surface area contributed by atoms with Gasteiger partial charge in [-0.3, -0.25) is 0 Å². The van der Waals surface area contributed by atoms with E-state index in [1.165, 1.54) is 11.8 Å². The van der Waals surface area contributed by atoms with E-state index < -0.39 is 0 Å². The van der Waals surface area contributed by atoms with Crippen molar-refractivity contribution in [3.63, 3.8) is 0 Å². The molecule has 0 bridgehead atoms. The fourth-order valence-corrected chi connectivity index (χ4v) is 2.77. The van der Waals surface area contributed by atoms with Gasteiger partial charge < -0.3 is 9.15 Å². The molecule has 0 aliphatic heterocycles. The van der Waals surface area contributed by atoms with Crippen LogP contribution in [0.5, 0.6) is 5.75 Å².